The summed E-state index contributed by atoms with van der Waals surface area (Å²) in [6.45, 7) is 13.6. The lowest BCUT2D eigenvalue weighted by atomic mass is 9.92. The third kappa shape index (κ3) is 3.27. The van der Waals surface area contributed by atoms with Crippen LogP contribution in [-0.2, 0) is 13.5 Å². The van der Waals surface area contributed by atoms with Crippen LogP contribution < -0.4 is 4.57 Å². The van der Waals surface area contributed by atoms with Gasteiger partial charge < -0.3 is 0 Å². The van der Waals surface area contributed by atoms with Crippen LogP contribution in [0, 0.1) is 13.8 Å². The summed E-state index contributed by atoms with van der Waals surface area (Å²) in [5, 5.41) is 0. The number of nitrogens with zero attached hydrogens (tertiary/aromatic N) is 4. The fourth-order valence-corrected chi connectivity index (χ4v) is 5.96. The zero-order valence-corrected chi connectivity index (χ0v) is 22.4. The quantitative estimate of drug-likeness (QED) is 0.250. The molecule has 36 heavy (non-hydrogen) atoms. The highest BCUT2D eigenvalue weighted by Gasteiger charge is 2.30. The van der Waals surface area contributed by atoms with E-state index in [1.165, 1.54) is 56.1 Å². The molecule has 0 saturated heterocycles. The smallest absolute Gasteiger partial charge is 0.294 e. The van der Waals surface area contributed by atoms with Crippen LogP contribution in [0.3, 0.4) is 0 Å². The van der Waals surface area contributed by atoms with Crippen molar-refractivity contribution in [2.45, 2.75) is 59.8 Å². The molecular formula is C32H35N4+. The summed E-state index contributed by atoms with van der Waals surface area (Å²) in [7, 11) is 2.16. The molecule has 2 aromatic heterocycles. The number of aromatic nitrogens is 4. The van der Waals surface area contributed by atoms with Crippen molar-refractivity contribution in [3.05, 3.63) is 94.6 Å². The molecule has 0 fully saturated rings. The van der Waals surface area contributed by atoms with Crippen molar-refractivity contribution in [3.63, 3.8) is 0 Å². The van der Waals surface area contributed by atoms with Crippen molar-refractivity contribution in [3.8, 4) is 22.8 Å². The summed E-state index contributed by atoms with van der Waals surface area (Å²) in [5.41, 5.74) is 12.8. The summed E-state index contributed by atoms with van der Waals surface area (Å²) in [6, 6.07) is 18.0. The fourth-order valence-electron chi connectivity index (χ4n) is 5.96. The molecule has 3 aromatic carbocycles. The Kier molecular flexibility index (Phi) is 5.18. The third-order valence-electron chi connectivity index (χ3n) is 7.80. The average molecular weight is 476 g/mol. The van der Waals surface area contributed by atoms with E-state index in [0.717, 1.165) is 17.8 Å². The molecule has 6 rings (SSSR count). The Balaban J connectivity index is 1.61. The van der Waals surface area contributed by atoms with Gasteiger partial charge in [0.25, 0.3) is 5.82 Å². The Labute approximate surface area is 213 Å². The molecule has 0 unspecified atom stereocenters. The maximum atomic E-state index is 5.03. The van der Waals surface area contributed by atoms with Crippen molar-refractivity contribution in [1.29, 1.82) is 0 Å². The first-order chi connectivity index (χ1) is 17.3. The van der Waals surface area contributed by atoms with Crippen LogP contribution in [-0.4, -0.2) is 14.1 Å². The highest BCUT2D eigenvalue weighted by molar-refractivity contribution is 5.84. The van der Waals surface area contributed by atoms with Crippen LogP contribution in [0.5, 0.6) is 0 Å². The van der Waals surface area contributed by atoms with Gasteiger partial charge in [0.15, 0.2) is 0 Å². The van der Waals surface area contributed by atoms with Gasteiger partial charge in [-0.2, -0.15) is 4.57 Å². The SMILES string of the molecule is Cc1cc2c(cc1-c1n(-c3c(C(C)C)cccc3C(C)C)cc[n+]1C)-n1c(nc3c(C)cccc31)C2. The van der Waals surface area contributed by atoms with Crippen LogP contribution in [0.4, 0.5) is 0 Å². The number of benzene rings is 3. The maximum absolute atomic E-state index is 5.03. The lowest BCUT2D eigenvalue weighted by Gasteiger charge is -2.18. The first-order valence-corrected chi connectivity index (χ1v) is 13.1. The molecule has 0 saturated carbocycles. The molecule has 1 aliphatic rings. The lowest BCUT2D eigenvalue weighted by molar-refractivity contribution is -0.659. The Morgan fingerprint density at radius 3 is 2.28 bits per heavy atom. The number of rotatable bonds is 4. The van der Waals surface area contributed by atoms with Gasteiger partial charge in [0.1, 0.15) is 23.9 Å². The number of aryl methyl sites for hydroxylation is 3. The van der Waals surface area contributed by atoms with Gasteiger partial charge in [-0.3, -0.25) is 4.57 Å². The normalized spacial score (nSPS) is 12.7. The second-order valence-corrected chi connectivity index (χ2v) is 11.0. The Bertz CT molecular complexity index is 1620. The van der Waals surface area contributed by atoms with E-state index in [1.54, 1.807) is 0 Å². The zero-order valence-electron chi connectivity index (χ0n) is 22.4. The predicted molar refractivity (Wildman–Crippen MR) is 147 cm³/mol. The van der Waals surface area contributed by atoms with E-state index in [1.807, 2.05) is 0 Å². The van der Waals surface area contributed by atoms with E-state index in [-0.39, 0.29) is 0 Å². The summed E-state index contributed by atoms with van der Waals surface area (Å²) in [4.78, 5) is 5.03. The maximum Gasteiger partial charge on any atom is 0.294 e. The molecule has 182 valence electrons. The Morgan fingerprint density at radius 1 is 0.889 bits per heavy atom. The predicted octanol–water partition coefficient (Wildman–Crippen LogP) is 7.08. The third-order valence-corrected chi connectivity index (χ3v) is 7.80. The van der Waals surface area contributed by atoms with Crippen LogP contribution in [0.2, 0.25) is 0 Å². The molecule has 0 atom stereocenters. The van der Waals surface area contributed by atoms with E-state index in [9.17, 15) is 0 Å². The molecule has 3 heterocycles. The van der Waals surface area contributed by atoms with Crippen molar-refractivity contribution in [1.82, 2.24) is 14.1 Å². The van der Waals surface area contributed by atoms with Crippen LogP contribution >= 0.6 is 0 Å². The fraction of sp³-hybridized carbons (Fsp3) is 0.312. The van der Waals surface area contributed by atoms with E-state index in [0.29, 0.717) is 11.8 Å². The van der Waals surface area contributed by atoms with Crippen LogP contribution in [0.25, 0.3) is 33.8 Å². The van der Waals surface area contributed by atoms with Gasteiger partial charge >= 0.3 is 0 Å². The average Bonchev–Trinajstić information content (AvgIpc) is 3.50. The van der Waals surface area contributed by atoms with Gasteiger partial charge in [-0.15, -0.1) is 0 Å². The second-order valence-electron chi connectivity index (χ2n) is 11.0. The molecule has 4 nitrogen and oxygen atoms in total. The summed E-state index contributed by atoms with van der Waals surface area (Å²) in [6.07, 6.45) is 5.30. The summed E-state index contributed by atoms with van der Waals surface area (Å²) < 4.78 is 7.06. The van der Waals surface area contributed by atoms with E-state index >= 15 is 0 Å². The van der Waals surface area contributed by atoms with E-state index in [2.05, 4.69) is 123 Å². The van der Waals surface area contributed by atoms with Crippen molar-refractivity contribution >= 4 is 11.0 Å². The van der Waals surface area contributed by atoms with Gasteiger partial charge in [0, 0.05) is 17.5 Å². The minimum absolute atomic E-state index is 0.434. The molecule has 5 aromatic rings. The minimum Gasteiger partial charge on any atom is -0.296 e. The zero-order chi connectivity index (χ0) is 25.3. The molecule has 1 aliphatic heterocycles. The number of hydrogen-bond donors (Lipinski definition) is 0. The highest BCUT2D eigenvalue weighted by Crippen LogP contribution is 2.39. The largest absolute Gasteiger partial charge is 0.296 e. The van der Waals surface area contributed by atoms with Gasteiger partial charge in [-0.25, -0.2) is 9.55 Å². The monoisotopic (exact) mass is 475 g/mol. The van der Waals surface area contributed by atoms with Crippen LogP contribution in [0.1, 0.15) is 73.2 Å². The molecule has 4 heteroatoms. The molecule has 0 spiro atoms. The summed E-state index contributed by atoms with van der Waals surface area (Å²) in [5.74, 6) is 3.21. The van der Waals surface area contributed by atoms with Crippen LogP contribution in [0.15, 0.2) is 60.9 Å². The number of para-hydroxylation sites is 2. The Hall–Kier alpha value is -3.66. The first-order valence-electron chi connectivity index (χ1n) is 13.1. The van der Waals surface area contributed by atoms with E-state index in [4.69, 9.17) is 4.98 Å². The van der Waals surface area contributed by atoms with Crippen molar-refractivity contribution < 1.29 is 4.57 Å². The topological polar surface area (TPSA) is 26.6 Å². The lowest BCUT2D eigenvalue weighted by Crippen LogP contribution is -2.29. The second kappa shape index (κ2) is 8.19. The van der Waals surface area contributed by atoms with Crippen molar-refractivity contribution in [2.24, 2.45) is 7.05 Å². The van der Waals surface area contributed by atoms with Gasteiger partial charge in [-0.1, -0.05) is 64.1 Å². The minimum atomic E-state index is 0.434. The molecular weight excluding hydrogens is 440 g/mol. The first kappa shape index (κ1) is 22.8. The number of fused-ring (bicyclic) bond motifs is 5. The molecule has 0 N–H and O–H groups in total. The van der Waals surface area contributed by atoms with Crippen molar-refractivity contribution in [2.75, 3.05) is 0 Å². The Morgan fingerprint density at radius 2 is 1.58 bits per heavy atom. The van der Waals surface area contributed by atoms with Gasteiger partial charge in [0.2, 0.25) is 0 Å². The molecule has 0 radical (unpaired) electrons. The number of imidazole rings is 2. The summed E-state index contributed by atoms with van der Waals surface area (Å²) >= 11 is 0. The van der Waals surface area contributed by atoms with Gasteiger partial charge in [-0.05, 0) is 54.5 Å². The number of hydrogen-bond acceptors (Lipinski definition) is 1. The standard InChI is InChI=1S/C32H35N4/c1-19(2)24-11-9-12-25(20(3)4)31(24)35-15-14-34(7)32(35)26-18-28-23(16-22(26)6)17-29-33-30-21(5)10-8-13-27(30)36(28)29/h8-16,18-20H,17H2,1-7H3/q+1. The molecule has 0 bridgehead atoms. The van der Waals surface area contributed by atoms with Gasteiger partial charge in [0.05, 0.1) is 29.3 Å². The molecule has 0 amide bonds. The highest BCUT2D eigenvalue weighted by atomic mass is 15.1. The van der Waals surface area contributed by atoms with E-state index < -0.39 is 0 Å². The molecule has 0 aliphatic carbocycles.